The highest BCUT2D eigenvalue weighted by molar-refractivity contribution is 9.10. The molecule has 104 valence electrons. The van der Waals surface area contributed by atoms with Gasteiger partial charge in [0, 0.05) is 16.5 Å². The first kappa shape index (κ1) is 13.2. The molecular formula is C14H13BrN2O3. The third-order valence-corrected chi connectivity index (χ3v) is 3.60. The topological polar surface area (TPSA) is 64.3 Å². The van der Waals surface area contributed by atoms with E-state index in [1.165, 1.54) is 0 Å². The summed E-state index contributed by atoms with van der Waals surface area (Å²) in [5.74, 6) is -0.159. The number of aromatic nitrogens is 2. The molecule has 0 unspecified atom stereocenters. The first-order valence-electron chi connectivity index (χ1n) is 6.34. The monoisotopic (exact) mass is 336 g/mol. The highest BCUT2D eigenvalue weighted by Gasteiger charge is 2.29. The Morgan fingerprint density at radius 2 is 2.25 bits per heavy atom. The van der Waals surface area contributed by atoms with E-state index in [9.17, 15) is 4.79 Å². The van der Waals surface area contributed by atoms with Crippen LogP contribution < -0.4 is 4.74 Å². The van der Waals surface area contributed by atoms with E-state index in [1.807, 2.05) is 35.0 Å². The second-order valence-corrected chi connectivity index (χ2v) is 5.67. The summed E-state index contributed by atoms with van der Waals surface area (Å²) < 4.78 is 7.98. The van der Waals surface area contributed by atoms with Crippen molar-refractivity contribution in [3.8, 4) is 11.6 Å². The van der Waals surface area contributed by atoms with Crippen molar-refractivity contribution in [1.82, 2.24) is 9.78 Å². The molecule has 0 spiro atoms. The summed E-state index contributed by atoms with van der Waals surface area (Å²) in [5.41, 5.74) is 2.01. The summed E-state index contributed by atoms with van der Waals surface area (Å²) in [4.78, 5) is 10.6. The first-order valence-corrected chi connectivity index (χ1v) is 7.13. The lowest BCUT2D eigenvalue weighted by Gasteiger charge is -2.06. The fourth-order valence-electron chi connectivity index (χ4n) is 2.06. The Morgan fingerprint density at radius 1 is 1.45 bits per heavy atom. The van der Waals surface area contributed by atoms with Gasteiger partial charge in [0.2, 0.25) is 5.88 Å². The van der Waals surface area contributed by atoms with Crippen molar-refractivity contribution in [3.63, 3.8) is 0 Å². The fourth-order valence-corrected chi connectivity index (χ4v) is 2.45. The summed E-state index contributed by atoms with van der Waals surface area (Å²) in [6, 6.07) is 9.66. The van der Waals surface area contributed by atoms with Gasteiger partial charge in [0.1, 0.15) is 0 Å². The smallest absolute Gasteiger partial charge is 0.341 e. The lowest BCUT2D eigenvalue weighted by molar-refractivity contribution is -0.139. The van der Waals surface area contributed by atoms with Gasteiger partial charge in [-0.1, -0.05) is 22.0 Å². The van der Waals surface area contributed by atoms with Crippen LogP contribution in [-0.4, -0.2) is 27.5 Å². The van der Waals surface area contributed by atoms with Crippen molar-refractivity contribution in [2.75, 3.05) is 6.61 Å². The zero-order chi connectivity index (χ0) is 14.1. The molecule has 20 heavy (non-hydrogen) atoms. The number of nitrogens with zero attached hydrogens (tertiary/aromatic N) is 2. The van der Waals surface area contributed by atoms with Crippen LogP contribution in [0, 0.1) is 0 Å². The molecule has 1 aromatic heterocycles. The van der Waals surface area contributed by atoms with Crippen molar-refractivity contribution < 1.29 is 14.6 Å². The van der Waals surface area contributed by atoms with Gasteiger partial charge in [0.15, 0.2) is 6.61 Å². The number of carbonyl (C=O) groups is 1. The fraction of sp³-hybridized carbons (Fsp3) is 0.286. The molecular weight excluding hydrogens is 324 g/mol. The van der Waals surface area contributed by atoms with E-state index in [0.717, 1.165) is 28.7 Å². The Hall–Kier alpha value is -1.82. The van der Waals surface area contributed by atoms with Crippen LogP contribution in [0.1, 0.15) is 24.5 Å². The first-order chi connectivity index (χ1) is 9.63. The van der Waals surface area contributed by atoms with Gasteiger partial charge in [-0.2, -0.15) is 0 Å². The van der Waals surface area contributed by atoms with Gasteiger partial charge < -0.3 is 9.84 Å². The van der Waals surface area contributed by atoms with E-state index < -0.39 is 5.97 Å². The second kappa shape index (κ2) is 5.28. The van der Waals surface area contributed by atoms with Crippen LogP contribution in [0.2, 0.25) is 0 Å². The molecule has 3 rings (SSSR count). The minimum Gasteiger partial charge on any atom is -0.479 e. The molecule has 1 aromatic carbocycles. The normalized spacial score (nSPS) is 14.2. The van der Waals surface area contributed by atoms with E-state index >= 15 is 0 Å². The van der Waals surface area contributed by atoms with Gasteiger partial charge in [-0.25, -0.2) is 9.48 Å². The van der Waals surface area contributed by atoms with E-state index in [4.69, 9.17) is 9.84 Å². The van der Waals surface area contributed by atoms with Crippen LogP contribution in [0.25, 0.3) is 5.69 Å². The molecule has 0 atom stereocenters. The molecule has 1 aliphatic carbocycles. The number of benzene rings is 1. The number of halogens is 1. The molecule has 0 amide bonds. The van der Waals surface area contributed by atoms with Gasteiger partial charge in [-0.15, -0.1) is 5.10 Å². The lowest BCUT2D eigenvalue weighted by Crippen LogP contribution is -2.10. The Bertz CT molecular complexity index is 650. The van der Waals surface area contributed by atoms with E-state index in [1.54, 1.807) is 0 Å². The number of rotatable bonds is 5. The average Bonchev–Trinajstić information content (AvgIpc) is 3.16. The van der Waals surface area contributed by atoms with Crippen molar-refractivity contribution >= 4 is 21.9 Å². The quantitative estimate of drug-likeness (QED) is 0.911. The van der Waals surface area contributed by atoms with Crippen LogP contribution in [0.15, 0.2) is 34.8 Å². The molecule has 0 saturated heterocycles. The number of aliphatic carboxylic acids is 1. The molecule has 0 bridgehead atoms. The summed E-state index contributed by atoms with van der Waals surface area (Å²) in [6.07, 6.45) is 2.27. The number of carboxylic acids is 1. The van der Waals surface area contributed by atoms with Gasteiger partial charge >= 0.3 is 5.97 Å². The Morgan fingerprint density at radius 3 is 2.90 bits per heavy atom. The molecule has 1 fully saturated rings. The number of hydrogen-bond acceptors (Lipinski definition) is 3. The number of ether oxygens (including phenoxy) is 1. The van der Waals surface area contributed by atoms with Gasteiger partial charge in [0.25, 0.3) is 0 Å². The molecule has 1 aliphatic rings. The van der Waals surface area contributed by atoms with Crippen LogP contribution >= 0.6 is 15.9 Å². The molecule has 2 aromatic rings. The minimum atomic E-state index is -1.00. The highest BCUT2D eigenvalue weighted by Crippen LogP contribution is 2.42. The van der Waals surface area contributed by atoms with Gasteiger partial charge in [-0.3, -0.25) is 0 Å². The van der Waals surface area contributed by atoms with Crippen LogP contribution in [0.3, 0.4) is 0 Å². The van der Waals surface area contributed by atoms with E-state index in [2.05, 4.69) is 21.0 Å². The van der Waals surface area contributed by atoms with Crippen molar-refractivity contribution in [2.45, 2.75) is 18.8 Å². The third-order valence-electron chi connectivity index (χ3n) is 3.11. The van der Waals surface area contributed by atoms with Gasteiger partial charge in [0.05, 0.1) is 11.4 Å². The number of hydrogen-bond donors (Lipinski definition) is 1. The average molecular weight is 337 g/mol. The molecule has 1 heterocycles. The second-order valence-electron chi connectivity index (χ2n) is 4.76. The van der Waals surface area contributed by atoms with E-state index in [-0.39, 0.29) is 6.61 Å². The highest BCUT2D eigenvalue weighted by atomic mass is 79.9. The zero-order valence-corrected chi connectivity index (χ0v) is 12.2. The summed E-state index contributed by atoms with van der Waals surface area (Å²) >= 11 is 3.44. The van der Waals surface area contributed by atoms with Crippen LogP contribution in [0.5, 0.6) is 5.88 Å². The van der Waals surface area contributed by atoms with E-state index in [0.29, 0.717) is 11.8 Å². The van der Waals surface area contributed by atoms with Crippen LogP contribution in [0.4, 0.5) is 0 Å². The standard InChI is InChI=1S/C14H13BrN2O3/c15-10-2-1-3-11(6-10)17-12(9-4-5-9)7-13(16-17)20-8-14(18)19/h1-3,6-7,9H,4-5,8H2,(H,18,19). The maximum absolute atomic E-state index is 10.6. The molecule has 0 aliphatic heterocycles. The molecule has 6 heteroatoms. The van der Waals surface area contributed by atoms with Gasteiger partial charge in [-0.05, 0) is 31.0 Å². The minimum absolute atomic E-state index is 0.356. The Kier molecular flexibility index (Phi) is 3.48. The SMILES string of the molecule is O=C(O)COc1cc(C2CC2)n(-c2cccc(Br)c2)n1. The van der Waals surface area contributed by atoms with Crippen molar-refractivity contribution in [2.24, 2.45) is 0 Å². The largest absolute Gasteiger partial charge is 0.479 e. The summed E-state index contributed by atoms with van der Waals surface area (Å²) in [7, 11) is 0. The predicted molar refractivity (Wildman–Crippen MR) is 76.4 cm³/mol. The lowest BCUT2D eigenvalue weighted by atomic mass is 10.2. The Labute approximate surface area is 124 Å². The third kappa shape index (κ3) is 2.85. The number of carboxylic acid groups (broad SMARTS) is 1. The maximum Gasteiger partial charge on any atom is 0.341 e. The van der Waals surface area contributed by atoms with Crippen molar-refractivity contribution in [1.29, 1.82) is 0 Å². The Balaban J connectivity index is 1.94. The molecule has 0 radical (unpaired) electrons. The van der Waals surface area contributed by atoms with Crippen molar-refractivity contribution in [3.05, 3.63) is 40.5 Å². The summed E-state index contributed by atoms with van der Waals surface area (Å²) in [5, 5.41) is 13.0. The zero-order valence-electron chi connectivity index (χ0n) is 10.6. The molecule has 1 N–H and O–H groups in total. The predicted octanol–water partition coefficient (Wildman–Crippen LogP) is 2.98. The molecule has 5 nitrogen and oxygen atoms in total. The summed E-state index contributed by atoms with van der Waals surface area (Å²) in [6.45, 7) is -0.375. The molecule has 1 saturated carbocycles. The maximum atomic E-state index is 10.6. The van der Waals surface area contributed by atoms with Crippen LogP contribution in [-0.2, 0) is 4.79 Å².